The smallest absolute Gasteiger partial charge is 0.303 e. The van der Waals surface area contributed by atoms with Gasteiger partial charge in [-0.1, -0.05) is 44.2 Å². The van der Waals surface area contributed by atoms with E-state index in [4.69, 9.17) is 5.11 Å². The largest absolute Gasteiger partial charge is 0.481 e. The molecule has 0 heterocycles. The molecule has 1 aromatic rings. The Balaban J connectivity index is 2.55. The molecule has 0 saturated heterocycles. The fourth-order valence-corrected chi connectivity index (χ4v) is 2.08. The number of aliphatic carboxylic acids is 1. The van der Waals surface area contributed by atoms with Crippen molar-refractivity contribution < 1.29 is 15.0 Å². The van der Waals surface area contributed by atoms with Crippen LogP contribution in [0.15, 0.2) is 30.3 Å². The van der Waals surface area contributed by atoms with Crippen molar-refractivity contribution in [3.8, 4) is 0 Å². The first kappa shape index (κ1) is 15.7. The van der Waals surface area contributed by atoms with Crippen LogP contribution in [0.3, 0.4) is 0 Å². The van der Waals surface area contributed by atoms with Crippen LogP contribution in [0.2, 0.25) is 0 Å². The van der Waals surface area contributed by atoms with Gasteiger partial charge >= 0.3 is 5.97 Å². The molecule has 0 aliphatic carbocycles. The van der Waals surface area contributed by atoms with Crippen molar-refractivity contribution in [3.05, 3.63) is 35.9 Å². The van der Waals surface area contributed by atoms with Crippen molar-refractivity contribution in [2.24, 2.45) is 5.92 Å². The lowest BCUT2D eigenvalue weighted by Gasteiger charge is -2.28. The van der Waals surface area contributed by atoms with Gasteiger partial charge in [-0.15, -0.1) is 0 Å². The molecule has 0 aliphatic rings. The Morgan fingerprint density at radius 3 is 2.42 bits per heavy atom. The van der Waals surface area contributed by atoms with Crippen LogP contribution in [0.5, 0.6) is 0 Å². The molecule has 2 atom stereocenters. The molecule has 0 aromatic heterocycles. The summed E-state index contributed by atoms with van der Waals surface area (Å²) in [5.74, 6) is -0.522. The van der Waals surface area contributed by atoms with E-state index in [1.54, 1.807) is 0 Å². The lowest BCUT2D eigenvalue weighted by molar-refractivity contribution is -0.137. The van der Waals surface area contributed by atoms with Gasteiger partial charge in [-0.2, -0.15) is 0 Å². The van der Waals surface area contributed by atoms with E-state index in [-0.39, 0.29) is 18.4 Å². The molecule has 0 saturated carbocycles. The highest BCUT2D eigenvalue weighted by molar-refractivity contribution is 5.66. The lowest BCUT2D eigenvalue weighted by Crippen LogP contribution is -2.39. The topological polar surface area (TPSA) is 69.6 Å². The van der Waals surface area contributed by atoms with Gasteiger partial charge < -0.3 is 15.5 Å². The Labute approximate surface area is 114 Å². The molecule has 4 heteroatoms. The number of aliphatic hydroxyl groups is 1. The predicted molar refractivity (Wildman–Crippen MR) is 74.9 cm³/mol. The highest BCUT2D eigenvalue weighted by atomic mass is 16.4. The Hall–Kier alpha value is -1.39. The molecular formula is C15H23NO3. The average molecular weight is 265 g/mol. The second-order valence-corrected chi connectivity index (χ2v) is 5.08. The van der Waals surface area contributed by atoms with Gasteiger partial charge in [-0.05, 0) is 24.4 Å². The molecule has 1 aromatic carbocycles. The number of nitrogens with one attached hydrogen (secondary N) is 1. The molecule has 106 valence electrons. The minimum atomic E-state index is -0.786. The lowest BCUT2D eigenvalue weighted by atomic mass is 9.93. The van der Waals surface area contributed by atoms with E-state index in [2.05, 4.69) is 5.32 Å². The Kier molecular flexibility index (Phi) is 6.53. The van der Waals surface area contributed by atoms with Gasteiger partial charge in [-0.3, -0.25) is 4.79 Å². The molecule has 0 amide bonds. The van der Waals surface area contributed by atoms with Crippen LogP contribution in [0, 0.1) is 5.92 Å². The van der Waals surface area contributed by atoms with Crippen molar-refractivity contribution in [1.82, 2.24) is 5.32 Å². The molecule has 0 radical (unpaired) electrons. The highest BCUT2D eigenvalue weighted by Gasteiger charge is 2.23. The molecule has 0 spiro atoms. The summed E-state index contributed by atoms with van der Waals surface area (Å²) >= 11 is 0. The third-order valence-corrected chi connectivity index (χ3v) is 3.15. The van der Waals surface area contributed by atoms with Crippen molar-refractivity contribution in [1.29, 1.82) is 0 Å². The number of aliphatic hydroxyl groups excluding tert-OH is 1. The highest BCUT2D eigenvalue weighted by Crippen LogP contribution is 2.21. The second-order valence-electron chi connectivity index (χ2n) is 5.08. The number of hydrogen-bond donors (Lipinski definition) is 3. The van der Waals surface area contributed by atoms with Crippen molar-refractivity contribution in [2.45, 2.75) is 38.8 Å². The van der Waals surface area contributed by atoms with Gasteiger partial charge in [0.2, 0.25) is 0 Å². The molecule has 0 aliphatic heterocycles. The maximum Gasteiger partial charge on any atom is 0.303 e. The first-order chi connectivity index (χ1) is 9.02. The normalized spacial score (nSPS) is 14.3. The van der Waals surface area contributed by atoms with Crippen molar-refractivity contribution >= 4 is 5.97 Å². The standard InChI is InChI=1S/C15H23NO3/c1-11(2)14(16-10-6-9-13(17)18)15(19)12-7-4-3-5-8-12/h3-5,7-8,11,14-16,19H,6,9-10H2,1-2H3,(H,17,18). The molecule has 0 bridgehead atoms. The summed E-state index contributed by atoms with van der Waals surface area (Å²) in [6.07, 6.45) is 0.144. The van der Waals surface area contributed by atoms with Crippen LogP contribution in [-0.4, -0.2) is 28.8 Å². The SMILES string of the molecule is CC(C)C(NCCCC(=O)O)C(O)c1ccccc1. The number of rotatable bonds is 8. The van der Waals surface area contributed by atoms with Crippen molar-refractivity contribution in [2.75, 3.05) is 6.54 Å². The molecular weight excluding hydrogens is 242 g/mol. The number of carboxylic acid groups (broad SMARTS) is 1. The zero-order chi connectivity index (χ0) is 14.3. The maximum absolute atomic E-state index is 10.5. The van der Waals surface area contributed by atoms with E-state index >= 15 is 0 Å². The van der Waals surface area contributed by atoms with Gasteiger partial charge in [0.1, 0.15) is 0 Å². The molecule has 3 N–H and O–H groups in total. The van der Waals surface area contributed by atoms with Gasteiger partial charge in [0.15, 0.2) is 0 Å². The van der Waals surface area contributed by atoms with Crippen molar-refractivity contribution in [3.63, 3.8) is 0 Å². The number of hydrogen-bond acceptors (Lipinski definition) is 3. The van der Waals surface area contributed by atoms with Gasteiger partial charge in [-0.25, -0.2) is 0 Å². The Morgan fingerprint density at radius 2 is 1.89 bits per heavy atom. The van der Waals surface area contributed by atoms with Crippen LogP contribution in [0.1, 0.15) is 38.4 Å². The molecule has 2 unspecified atom stereocenters. The fraction of sp³-hybridized carbons (Fsp3) is 0.533. The first-order valence-electron chi connectivity index (χ1n) is 6.70. The van der Waals surface area contributed by atoms with E-state index in [9.17, 15) is 9.90 Å². The third kappa shape index (κ3) is 5.41. The Morgan fingerprint density at radius 1 is 1.26 bits per heavy atom. The predicted octanol–water partition coefficient (Wildman–Crippen LogP) is 2.20. The zero-order valence-corrected chi connectivity index (χ0v) is 11.5. The quantitative estimate of drug-likeness (QED) is 0.630. The minimum absolute atomic E-state index is 0.0730. The van der Waals surface area contributed by atoms with Gasteiger partial charge in [0.25, 0.3) is 0 Å². The fourth-order valence-electron chi connectivity index (χ4n) is 2.08. The van der Waals surface area contributed by atoms with Crippen LogP contribution in [0.4, 0.5) is 0 Å². The summed E-state index contributed by atoms with van der Waals surface area (Å²) in [7, 11) is 0. The van der Waals surface area contributed by atoms with Crippen LogP contribution in [-0.2, 0) is 4.79 Å². The van der Waals surface area contributed by atoms with E-state index in [0.29, 0.717) is 13.0 Å². The average Bonchev–Trinajstić information content (AvgIpc) is 2.38. The van der Waals surface area contributed by atoms with Crippen LogP contribution >= 0.6 is 0 Å². The number of carbonyl (C=O) groups is 1. The third-order valence-electron chi connectivity index (χ3n) is 3.15. The number of carboxylic acids is 1. The monoisotopic (exact) mass is 265 g/mol. The molecule has 19 heavy (non-hydrogen) atoms. The van der Waals surface area contributed by atoms with E-state index in [1.165, 1.54) is 0 Å². The van der Waals surface area contributed by atoms with E-state index in [0.717, 1.165) is 5.56 Å². The molecule has 4 nitrogen and oxygen atoms in total. The van der Waals surface area contributed by atoms with E-state index < -0.39 is 12.1 Å². The summed E-state index contributed by atoms with van der Waals surface area (Å²) in [6, 6.07) is 9.45. The summed E-state index contributed by atoms with van der Waals surface area (Å²) in [5.41, 5.74) is 0.881. The minimum Gasteiger partial charge on any atom is -0.481 e. The van der Waals surface area contributed by atoms with Gasteiger partial charge in [0, 0.05) is 12.5 Å². The first-order valence-corrected chi connectivity index (χ1v) is 6.70. The molecule has 0 fully saturated rings. The Bertz CT molecular complexity index is 378. The van der Waals surface area contributed by atoms with Gasteiger partial charge in [0.05, 0.1) is 6.10 Å². The second kappa shape index (κ2) is 7.92. The number of benzene rings is 1. The maximum atomic E-state index is 10.5. The molecule has 1 rings (SSSR count). The summed E-state index contributed by atoms with van der Waals surface area (Å²) in [5, 5.41) is 22.2. The van der Waals surface area contributed by atoms with Crippen LogP contribution < -0.4 is 5.32 Å². The summed E-state index contributed by atoms with van der Waals surface area (Å²) in [6.45, 7) is 4.68. The summed E-state index contributed by atoms with van der Waals surface area (Å²) < 4.78 is 0. The van der Waals surface area contributed by atoms with Crippen LogP contribution in [0.25, 0.3) is 0 Å². The van der Waals surface area contributed by atoms with E-state index in [1.807, 2.05) is 44.2 Å². The zero-order valence-electron chi connectivity index (χ0n) is 11.5. The summed E-state index contributed by atoms with van der Waals surface area (Å²) in [4.78, 5) is 10.5.